The van der Waals surface area contributed by atoms with Crippen molar-refractivity contribution in [2.75, 3.05) is 13.2 Å². The van der Waals surface area contributed by atoms with E-state index in [-0.39, 0.29) is 5.84 Å². The number of nitrogen functional groups attached to an aromatic ring is 1. The molecule has 0 saturated heterocycles. The van der Waals surface area contributed by atoms with Gasteiger partial charge < -0.3 is 15.2 Å². The van der Waals surface area contributed by atoms with Crippen molar-refractivity contribution in [3.63, 3.8) is 0 Å². The molecule has 0 saturated carbocycles. The molecule has 3 N–H and O–H groups in total. The maximum Gasteiger partial charge on any atom is 0.161 e. The molecule has 0 spiro atoms. The zero-order valence-corrected chi connectivity index (χ0v) is 12.2. The minimum atomic E-state index is 0.0242. The molecule has 0 unspecified atom stereocenters. The van der Waals surface area contributed by atoms with Crippen LogP contribution in [-0.2, 0) is 6.42 Å². The molecule has 0 aliphatic carbocycles. The van der Waals surface area contributed by atoms with Crippen LogP contribution in [0.2, 0.25) is 0 Å². The second kappa shape index (κ2) is 6.96. The van der Waals surface area contributed by atoms with E-state index in [0.29, 0.717) is 30.3 Å². The van der Waals surface area contributed by atoms with Gasteiger partial charge in [-0.25, -0.2) is 0 Å². The van der Waals surface area contributed by atoms with E-state index in [2.05, 4.69) is 11.4 Å². The van der Waals surface area contributed by atoms with Crippen LogP contribution in [-0.4, -0.2) is 19.0 Å². The first-order valence-electron chi connectivity index (χ1n) is 6.47. The van der Waals surface area contributed by atoms with E-state index in [9.17, 15) is 0 Å². The Hall–Kier alpha value is -2.01. The van der Waals surface area contributed by atoms with Gasteiger partial charge in [0.15, 0.2) is 11.5 Å². The Morgan fingerprint density at radius 3 is 2.75 bits per heavy atom. The largest absolute Gasteiger partial charge is 0.490 e. The normalized spacial score (nSPS) is 10.2. The smallest absolute Gasteiger partial charge is 0.161 e. The van der Waals surface area contributed by atoms with Crippen molar-refractivity contribution in [3.8, 4) is 11.5 Å². The summed E-state index contributed by atoms with van der Waals surface area (Å²) in [5.74, 6) is 1.34. The number of rotatable bonds is 7. The van der Waals surface area contributed by atoms with E-state index >= 15 is 0 Å². The average Bonchev–Trinajstić information content (AvgIpc) is 2.93. The summed E-state index contributed by atoms with van der Waals surface area (Å²) in [5.41, 5.74) is 6.12. The first-order chi connectivity index (χ1) is 9.70. The summed E-state index contributed by atoms with van der Waals surface area (Å²) in [6, 6.07) is 9.44. The third-order valence-corrected chi connectivity index (χ3v) is 3.68. The quantitative estimate of drug-likeness (QED) is 0.608. The second-order valence-electron chi connectivity index (χ2n) is 4.19. The molecule has 106 valence electrons. The lowest BCUT2D eigenvalue weighted by atomic mass is 10.2. The summed E-state index contributed by atoms with van der Waals surface area (Å²) < 4.78 is 11.3. The SMILES string of the molecule is CCOc1cc(C(=N)N)ccc1OCCc1cccs1. The van der Waals surface area contributed by atoms with Gasteiger partial charge in [0.05, 0.1) is 13.2 Å². The Morgan fingerprint density at radius 2 is 2.10 bits per heavy atom. The molecule has 2 aromatic rings. The van der Waals surface area contributed by atoms with Crippen LogP contribution < -0.4 is 15.2 Å². The molecule has 5 heteroatoms. The van der Waals surface area contributed by atoms with Gasteiger partial charge in [-0.3, -0.25) is 5.41 Å². The van der Waals surface area contributed by atoms with Crippen molar-refractivity contribution in [2.45, 2.75) is 13.3 Å². The summed E-state index contributed by atoms with van der Waals surface area (Å²) in [6.07, 6.45) is 0.873. The molecule has 1 aromatic carbocycles. The van der Waals surface area contributed by atoms with Crippen molar-refractivity contribution in [1.29, 1.82) is 5.41 Å². The van der Waals surface area contributed by atoms with E-state index < -0.39 is 0 Å². The van der Waals surface area contributed by atoms with E-state index in [1.165, 1.54) is 4.88 Å². The van der Waals surface area contributed by atoms with Gasteiger partial charge in [0.25, 0.3) is 0 Å². The van der Waals surface area contributed by atoms with Crippen molar-refractivity contribution in [2.24, 2.45) is 5.73 Å². The Morgan fingerprint density at radius 1 is 1.25 bits per heavy atom. The number of amidine groups is 1. The summed E-state index contributed by atoms with van der Waals surface area (Å²) in [5, 5.41) is 9.51. The zero-order chi connectivity index (χ0) is 14.4. The summed E-state index contributed by atoms with van der Waals surface area (Å²) in [7, 11) is 0. The summed E-state index contributed by atoms with van der Waals surface area (Å²) in [6.45, 7) is 3.05. The van der Waals surface area contributed by atoms with Crippen molar-refractivity contribution >= 4 is 17.2 Å². The maximum absolute atomic E-state index is 7.45. The number of nitrogens with two attached hydrogens (primary N) is 1. The van der Waals surface area contributed by atoms with Crippen LogP contribution in [0.4, 0.5) is 0 Å². The van der Waals surface area contributed by atoms with Crippen LogP contribution in [0, 0.1) is 5.41 Å². The van der Waals surface area contributed by atoms with Crippen LogP contribution in [0.3, 0.4) is 0 Å². The second-order valence-corrected chi connectivity index (χ2v) is 5.22. The number of hydrogen-bond acceptors (Lipinski definition) is 4. The monoisotopic (exact) mass is 290 g/mol. The van der Waals surface area contributed by atoms with Gasteiger partial charge in [-0.1, -0.05) is 6.07 Å². The standard InChI is InChI=1S/C15H18N2O2S/c1-2-18-14-10-11(15(16)17)5-6-13(14)19-8-7-12-4-3-9-20-12/h3-6,9-10H,2,7-8H2,1H3,(H3,16,17). The fourth-order valence-corrected chi connectivity index (χ4v) is 2.47. The Balaban J connectivity index is 2.03. The molecule has 0 aliphatic heterocycles. The first kappa shape index (κ1) is 14.4. The lowest BCUT2D eigenvalue weighted by molar-refractivity contribution is 0.279. The van der Waals surface area contributed by atoms with Crippen LogP contribution >= 0.6 is 11.3 Å². The molecule has 0 amide bonds. The highest BCUT2D eigenvalue weighted by molar-refractivity contribution is 7.09. The topological polar surface area (TPSA) is 68.3 Å². The highest BCUT2D eigenvalue weighted by Gasteiger charge is 2.08. The van der Waals surface area contributed by atoms with E-state index in [1.807, 2.05) is 13.0 Å². The lowest BCUT2D eigenvalue weighted by Gasteiger charge is -2.12. The van der Waals surface area contributed by atoms with Crippen molar-refractivity contribution in [3.05, 3.63) is 46.2 Å². The highest BCUT2D eigenvalue weighted by Crippen LogP contribution is 2.28. The predicted octanol–water partition coefficient (Wildman–Crippen LogP) is 3.05. The molecule has 0 radical (unpaired) electrons. The van der Waals surface area contributed by atoms with Crippen LogP contribution in [0.1, 0.15) is 17.4 Å². The predicted molar refractivity (Wildman–Crippen MR) is 82.1 cm³/mol. The van der Waals surface area contributed by atoms with Gasteiger partial charge >= 0.3 is 0 Å². The summed E-state index contributed by atoms with van der Waals surface area (Å²) >= 11 is 1.72. The minimum absolute atomic E-state index is 0.0242. The number of hydrogen-bond donors (Lipinski definition) is 2. The number of ether oxygens (including phenoxy) is 2. The summed E-state index contributed by atoms with van der Waals surface area (Å²) in [4.78, 5) is 1.29. The Labute approximate surface area is 122 Å². The van der Waals surface area contributed by atoms with Crippen molar-refractivity contribution in [1.82, 2.24) is 0 Å². The van der Waals surface area contributed by atoms with Gasteiger partial charge in [-0.2, -0.15) is 0 Å². The number of benzene rings is 1. The molecule has 1 aromatic heterocycles. The van der Waals surface area contributed by atoms with Gasteiger partial charge in [0.2, 0.25) is 0 Å². The fraction of sp³-hybridized carbons (Fsp3) is 0.267. The molecular weight excluding hydrogens is 272 g/mol. The van der Waals surface area contributed by atoms with Gasteiger partial charge in [0, 0.05) is 16.9 Å². The molecule has 1 heterocycles. The van der Waals surface area contributed by atoms with Gasteiger partial charge in [-0.05, 0) is 36.6 Å². The minimum Gasteiger partial charge on any atom is -0.490 e. The molecule has 4 nitrogen and oxygen atoms in total. The van der Waals surface area contributed by atoms with E-state index in [1.54, 1.807) is 29.5 Å². The van der Waals surface area contributed by atoms with Gasteiger partial charge in [-0.15, -0.1) is 11.3 Å². The zero-order valence-electron chi connectivity index (χ0n) is 11.4. The van der Waals surface area contributed by atoms with Gasteiger partial charge in [0.1, 0.15) is 5.84 Å². The first-order valence-corrected chi connectivity index (χ1v) is 7.35. The molecule has 0 bridgehead atoms. The lowest BCUT2D eigenvalue weighted by Crippen LogP contribution is -2.11. The van der Waals surface area contributed by atoms with Crippen LogP contribution in [0.25, 0.3) is 0 Å². The van der Waals surface area contributed by atoms with E-state index in [0.717, 1.165) is 6.42 Å². The third kappa shape index (κ3) is 3.74. The molecular formula is C15H18N2O2S. The molecule has 0 atom stereocenters. The Bertz CT molecular complexity index is 567. The number of nitrogens with one attached hydrogen (secondary N) is 1. The molecule has 20 heavy (non-hydrogen) atoms. The van der Waals surface area contributed by atoms with Crippen LogP contribution in [0.15, 0.2) is 35.7 Å². The maximum atomic E-state index is 7.45. The van der Waals surface area contributed by atoms with E-state index in [4.69, 9.17) is 20.6 Å². The fourth-order valence-electron chi connectivity index (χ4n) is 1.78. The number of thiophene rings is 1. The average molecular weight is 290 g/mol. The molecule has 0 fully saturated rings. The Kier molecular flexibility index (Phi) is 5.01. The molecule has 0 aliphatic rings. The third-order valence-electron chi connectivity index (χ3n) is 2.74. The van der Waals surface area contributed by atoms with Crippen molar-refractivity contribution < 1.29 is 9.47 Å². The highest BCUT2D eigenvalue weighted by atomic mass is 32.1. The molecule has 2 rings (SSSR count). The van der Waals surface area contributed by atoms with Crippen LogP contribution in [0.5, 0.6) is 11.5 Å².